The SMILES string of the molecule is CCCCC/C=C/CC/C=C/C(O)C(COC1OC(CO)C(O)C(O)C1O)NC(=O)CCCCCCCCCCCCCCC. The Morgan fingerprint density at radius 3 is 1.87 bits per heavy atom. The Labute approximate surface area is 273 Å². The minimum Gasteiger partial charge on any atom is -0.394 e. The van der Waals surface area contributed by atoms with Crippen LogP contribution in [-0.2, 0) is 14.3 Å². The minimum atomic E-state index is -1.57. The molecule has 1 aliphatic rings. The predicted molar refractivity (Wildman–Crippen MR) is 180 cm³/mol. The molecular weight excluding hydrogens is 574 g/mol. The lowest BCUT2D eigenvalue weighted by Gasteiger charge is -2.40. The molecule has 1 amide bonds. The maximum absolute atomic E-state index is 12.8. The molecule has 7 atom stereocenters. The van der Waals surface area contributed by atoms with Crippen LogP contribution in [0.3, 0.4) is 0 Å². The van der Waals surface area contributed by atoms with Crippen molar-refractivity contribution in [1.82, 2.24) is 5.32 Å². The molecule has 264 valence electrons. The number of rotatable bonds is 28. The highest BCUT2D eigenvalue weighted by Gasteiger charge is 2.44. The summed E-state index contributed by atoms with van der Waals surface area (Å²) < 4.78 is 11.1. The summed E-state index contributed by atoms with van der Waals surface area (Å²) in [6, 6.07) is -0.812. The van der Waals surface area contributed by atoms with Crippen LogP contribution in [0.5, 0.6) is 0 Å². The normalized spacial score (nSPS) is 23.6. The van der Waals surface area contributed by atoms with Crippen molar-refractivity contribution < 1.29 is 39.8 Å². The maximum atomic E-state index is 12.8. The van der Waals surface area contributed by atoms with Crippen LogP contribution in [0.2, 0.25) is 0 Å². The van der Waals surface area contributed by atoms with Crippen molar-refractivity contribution in [3.8, 4) is 0 Å². The quantitative estimate of drug-likeness (QED) is 0.0478. The van der Waals surface area contributed by atoms with Gasteiger partial charge in [0.05, 0.1) is 25.4 Å². The minimum absolute atomic E-state index is 0.192. The summed E-state index contributed by atoms with van der Waals surface area (Å²) in [6.07, 6.45) is 22.3. The third kappa shape index (κ3) is 19.8. The van der Waals surface area contributed by atoms with Gasteiger partial charge in [-0.3, -0.25) is 4.79 Å². The smallest absolute Gasteiger partial charge is 0.220 e. The second-order valence-electron chi connectivity index (χ2n) is 12.7. The maximum Gasteiger partial charge on any atom is 0.220 e. The predicted octanol–water partition coefficient (Wildman–Crippen LogP) is 5.60. The summed E-state index contributed by atoms with van der Waals surface area (Å²) in [5, 5.41) is 53.6. The van der Waals surface area contributed by atoms with Gasteiger partial charge in [0.15, 0.2) is 6.29 Å². The number of aliphatic hydroxyl groups is 5. The molecule has 1 fully saturated rings. The van der Waals surface area contributed by atoms with Crippen LogP contribution in [0, 0.1) is 0 Å². The van der Waals surface area contributed by atoms with Gasteiger partial charge in [0.2, 0.25) is 5.91 Å². The van der Waals surface area contributed by atoms with Crippen LogP contribution in [0.25, 0.3) is 0 Å². The van der Waals surface area contributed by atoms with Gasteiger partial charge >= 0.3 is 0 Å². The average Bonchev–Trinajstić information content (AvgIpc) is 3.04. The molecule has 0 aromatic carbocycles. The van der Waals surface area contributed by atoms with Crippen LogP contribution in [0.4, 0.5) is 0 Å². The summed E-state index contributed by atoms with van der Waals surface area (Å²) in [5.41, 5.74) is 0. The number of carbonyl (C=O) groups excluding carboxylic acids is 1. The lowest BCUT2D eigenvalue weighted by molar-refractivity contribution is -0.302. The summed E-state index contributed by atoms with van der Waals surface area (Å²) >= 11 is 0. The molecule has 0 radical (unpaired) electrons. The number of unbranched alkanes of at least 4 members (excludes halogenated alkanes) is 16. The van der Waals surface area contributed by atoms with E-state index in [1.54, 1.807) is 6.08 Å². The fourth-order valence-corrected chi connectivity index (χ4v) is 5.52. The van der Waals surface area contributed by atoms with E-state index in [-0.39, 0.29) is 12.5 Å². The molecule has 1 heterocycles. The molecule has 0 spiro atoms. The van der Waals surface area contributed by atoms with Crippen molar-refractivity contribution in [2.45, 2.75) is 185 Å². The van der Waals surface area contributed by atoms with E-state index in [1.165, 1.54) is 83.5 Å². The van der Waals surface area contributed by atoms with Gasteiger partial charge in [0.25, 0.3) is 0 Å². The monoisotopic (exact) mass is 641 g/mol. The molecule has 1 rings (SSSR count). The summed E-state index contributed by atoms with van der Waals surface area (Å²) in [5.74, 6) is -0.192. The molecule has 0 aromatic rings. The van der Waals surface area contributed by atoms with Crippen molar-refractivity contribution in [3.63, 3.8) is 0 Å². The van der Waals surface area contributed by atoms with Crippen molar-refractivity contribution in [1.29, 1.82) is 0 Å². The Morgan fingerprint density at radius 1 is 0.733 bits per heavy atom. The van der Waals surface area contributed by atoms with Gasteiger partial charge in [-0.2, -0.15) is 0 Å². The summed E-state index contributed by atoms with van der Waals surface area (Å²) in [6.45, 7) is 3.67. The first-order valence-electron chi connectivity index (χ1n) is 18.1. The van der Waals surface area contributed by atoms with Gasteiger partial charge in [0, 0.05) is 6.42 Å². The third-order valence-corrected chi connectivity index (χ3v) is 8.53. The third-order valence-electron chi connectivity index (χ3n) is 8.53. The van der Waals surface area contributed by atoms with Crippen LogP contribution >= 0.6 is 0 Å². The highest BCUT2D eigenvalue weighted by atomic mass is 16.7. The average molecular weight is 642 g/mol. The first kappa shape index (κ1) is 41.7. The second kappa shape index (κ2) is 27.8. The number of allylic oxidation sites excluding steroid dienone is 3. The van der Waals surface area contributed by atoms with Gasteiger partial charge in [0.1, 0.15) is 24.4 Å². The Bertz CT molecular complexity index is 761. The fourth-order valence-electron chi connectivity index (χ4n) is 5.52. The lowest BCUT2D eigenvalue weighted by Crippen LogP contribution is -2.60. The number of hydrogen-bond donors (Lipinski definition) is 6. The zero-order chi connectivity index (χ0) is 33.1. The number of nitrogens with one attached hydrogen (secondary N) is 1. The molecule has 1 aliphatic heterocycles. The summed E-state index contributed by atoms with van der Waals surface area (Å²) in [7, 11) is 0. The molecule has 0 bridgehead atoms. The second-order valence-corrected chi connectivity index (χ2v) is 12.7. The van der Waals surface area contributed by atoms with Crippen LogP contribution in [-0.4, -0.2) is 87.5 Å². The largest absolute Gasteiger partial charge is 0.394 e. The highest BCUT2D eigenvalue weighted by Crippen LogP contribution is 2.22. The number of hydrogen-bond acceptors (Lipinski definition) is 8. The molecule has 9 heteroatoms. The molecule has 9 nitrogen and oxygen atoms in total. The van der Waals surface area contributed by atoms with E-state index in [9.17, 15) is 30.3 Å². The molecule has 7 unspecified atom stereocenters. The zero-order valence-electron chi connectivity index (χ0n) is 28.4. The van der Waals surface area contributed by atoms with Crippen molar-refractivity contribution in [2.24, 2.45) is 0 Å². The van der Waals surface area contributed by atoms with Gasteiger partial charge in [-0.05, 0) is 32.1 Å². The zero-order valence-corrected chi connectivity index (χ0v) is 28.4. The van der Waals surface area contributed by atoms with E-state index in [1.807, 2.05) is 6.08 Å². The Morgan fingerprint density at radius 2 is 1.27 bits per heavy atom. The molecule has 0 aliphatic carbocycles. The molecular formula is C36H67NO8. The van der Waals surface area contributed by atoms with Gasteiger partial charge in [-0.25, -0.2) is 0 Å². The molecule has 6 N–H and O–H groups in total. The number of ether oxygens (including phenoxy) is 2. The van der Waals surface area contributed by atoms with Crippen molar-refractivity contribution in [3.05, 3.63) is 24.3 Å². The highest BCUT2D eigenvalue weighted by molar-refractivity contribution is 5.76. The van der Waals surface area contributed by atoms with E-state index in [0.717, 1.165) is 38.5 Å². The van der Waals surface area contributed by atoms with Crippen molar-refractivity contribution >= 4 is 5.91 Å². The van der Waals surface area contributed by atoms with Crippen LogP contribution < -0.4 is 5.32 Å². The number of carbonyl (C=O) groups is 1. The first-order chi connectivity index (χ1) is 21.8. The van der Waals surface area contributed by atoms with Gasteiger partial charge in [-0.15, -0.1) is 0 Å². The Kier molecular flexibility index (Phi) is 25.7. The lowest BCUT2D eigenvalue weighted by atomic mass is 9.99. The number of amides is 1. The standard InChI is InChI=1S/C36H67NO8/c1-3-5-7-9-11-13-14-15-16-18-20-22-24-26-32(40)37-29(30(39)25-23-21-19-17-12-10-8-6-4-2)28-44-36-35(43)34(42)33(41)31(27-38)45-36/h12,17,23,25,29-31,33-36,38-39,41-43H,3-11,13-16,18-22,24,26-28H2,1-2H3,(H,37,40)/b17-12+,25-23+. The van der Waals surface area contributed by atoms with Gasteiger partial charge in [-0.1, -0.05) is 128 Å². The molecule has 0 aromatic heterocycles. The topological polar surface area (TPSA) is 149 Å². The first-order valence-corrected chi connectivity index (χ1v) is 18.1. The van der Waals surface area contributed by atoms with Crippen LogP contribution in [0.15, 0.2) is 24.3 Å². The fraction of sp³-hybridized carbons (Fsp3) is 0.861. The molecule has 1 saturated heterocycles. The Hall–Kier alpha value is -1.33. The van der Waals surface area contributed by atoms with E-state index < -0.39 is 49.5 Å². The molecule has 45 heavy (non-hydrogen) atoms. The number of aliphatic hydroxyl groups excluding tert-OH is 5. The van der Waals surface area contributed by atoms with Gasteiger partial charge < -0.3 is 40.3 Å². The summed E-state index contributed by atoms with van der Waals surface area (Å²) in [4.78, 5) is 12.8. The van der Waals surface area contributed by atoms with Crippen molar-refractivity contribution in [2.75, 3.05) is 13.2 Å². The van der Waals surface area contributed by atoms with E-state index in [4.69, 9.17) is 9.47 Å². The van der Waals surface area contributed by atoms with E-state index in [0.29, 0.717) is 6.42 Å². The Balaban J connectivity index is 2.49. The van der Waals surface area contributed by atoms with E-state index in [2.05, 4.69) is 31.3 Å². The van der Waals surface area contributed by atoms with Crippen LogP contribution in [0.1, 0.15) is 142 Å². The molecule has 0 saturated carbocycles. The van der Waals surface area contributed by atoms with E-state index >= 15 is 0 Å².